The van der Waals surface area contributed by atoms with Crippen molar-refractivity contribution in [3.63, 3.8) is 0 Å². The molecule has 0 aliphatic carbocycles. The SMILES string of the molecule is Cc1cc(C(=O)CN2CCN(C(=O)C(C)(C)C)CC2)c(C)n1C(C)C. The van der Waals surface area contributed by atoms with Crippen molar-refractivity contribution < 1.29 is 9.59 Å². The summed E-state index contributed by atoms with van der Waals surface area (Å²) in [5.74, 6) is 0.370. The minimum atomic E-state index is -0.341. The average Bonchev–Trinajstić information content (AvgIpc) is 2.81. The van der Waals surface area contributed by atoms with Crippen molar-refractivity contribution in [2.45, 2.75) is 54.5 Å². The van der Waals surface area contributed by atoms with Gasteiger partial charge in [0.25, 0.3) is 0 Å². The summed E-state index contributed by atoms with van der Waals surface area (Å²) in [6, 6.07) is 2.37. The molecule has 1 fully saturated rings. The number of aryl methyl sites for hydroxylation is 1. The normalized spacial score (nSPS) is 16.6. The summed E-state index contributed by atoms with van der Waals surface area (Å²) in [5.41, 5.74) is 2.68. The van der Waals surface area contributed by atoms with Crippen LogP contribution in [0.15, 0.2) is 6.07 Å². The van der Waals surface area contributed by atoms with Crippen LogP contribution in [0.4, 0.5) is 0 Å². The Morgan fingerprint density at radius 1 is 1.08 bits per heavy atom. The summed E-state index contributed by atoms with van der Waals surface area (Å²) in [6.07, 6.45) is 0. The number of Topliss-reactive ketones (excluding diaryl/α,β-unsaturated/α-hetero) is 1. The lowest BCUT2D eigenvalue weighted by atomic mass is 9.94. The quantitative estimate of drug-likeness (QED) is 0.787. The summed E-state index contributed by atoms with van der Waals surface area (Å²) in [7, 11) is 0. The van der Waals surface area contributed by atoms with Crippen molar-refractivity contribution in [1.29, 1.82) is 0 Å². The van der Waals surface area contributed by atoms with Crippen LogP contribution in [0.5, 0.6) is 0 Å². The Hall–Kier alpha value is -1.62. The van der Waals surface area contributed by atoms with Gasteiger partial charge in [-0.05, 0) is 33.8 Å². The fourth-order valence-corrected chi connectivity index (χ4v) is 3.73. The zero-order valence-electron chi connectivity index (χ0n) is 16.8. The van der Waals surface area contributed by atoms with Crippen LogP contribution in [0.3, 0.4) is 0 Å². The van der Waals surface area contributed by atoms with Gasteiger partial charge in [0, 0.05) is 54.6 Å². The molecule has 5 heteroatoms. The molecule has 1 aliphatic rings. The molecule has 1 amide bonds. The van der Waals surface area contributed by atoms with E-state index in [0.717, 1.165) is 30.0 Å². The summed E-state index contributed by atoms with van der Waals surface area (Å²) >= 11 is 0. The molecular weight excluding hydrogens is 314 g/mol. The molecule has 1 aliphatic heterocycles. The monoisotopic (exact) mass is 347 g/mol. The van der Waals surface area contributed by atoms with Crippen molar-refractivity contribution in [2.75, 3.05) is 32.7 Å². The molecule has 2 heterocycles. The first-order valence-electron chi connectivity index (χ1n) is 9.25. The third-order valence-corrected chi connectivity index (χ3v) is 4.97. The van der Waals surface area contributed by atoms with Crippen molar-refractivity contribution in [2.24, 2.45) is 5.41 Å². The molecule has 1 saturated heterocycles. The maximum absolute atomic E-state index is 12.8. The number of nitrogens with zero attached hydrogens (tertiary/aromatic N) is 3. The van der Waals surface area contributed by atoms with E-state index in [4.69, 9.17) is 0 Å². The fraction of sp³-hybridized carbons (Fsp3) is 0.700. The Kier molecular flexibility index (Phi) is 5.77. The second kappa shape index (κ2) is 7.32. The summed E-state index contributed by atoms with van der Waals surface area (Å²) in [5, 5.41) is 0. The molecule has 0 spiro atoms. The molecule has 0 N–H and O–H groups in total. The van der Waals surface area contributed by atoms with Gasteiger partial charge in [0.2, 0.25) is 5.91 Å². The van der Waals surface area contributed by atoms with E-state index in [0.29, 0.717) is 25.7 Å². The van der Waals surface area contributed by atoms with E-state index in [1.54, 1.807) is 0 Å². The first kappa shape index (κ1) is 19.7. The second-order valence-corrected chi connectivity index (χ2v) is 8.49. The van der Waals surface area contributed by atoms with Gasteiger partial charge in [-0.3, -0.25) is 14.5 Å². The summed E-state index contributed by atoms with van der Waals surface area (Å²) in [6.45, 7) is 17.6. The number of amides is 1. The van der Waals surface area contributed by atoms with Crippen molar-refractivity contribution in [1.82, 2.24) is 14.4 Å². The fourth-order valence-electron chi connectivity index (χ4n) is 3.73. The lowest BCUT2D eigenvalue weighted by Crippen LogP contribution is -2.52. The number of aromatic nitrogens is 1. The number of rotatable bonds is 4. The summed E-state index contributed by atoms with van der Waals surface area (Å²) in [4.78, 5) is 29.2. The molecular formula is C20H33N3O2. The maximum atomic E-state index is 12.8. The first-order valence-corrected chi connectivity index (χ1v) is 9.25. The molecule has 0 saturated carbocycles. The van der Waals surface area contributed by atoms with E-state index in [1.165, 1.54) is 0 Å². The van der Waals surface area contributed by atoms with Crippen LogP contribution in [0, 0.1) is 19.3 Å². The number of piperazine rings is 1. The van der Waals surface area contributed by atoms with Crippen molar-refractivity contribution in [3.05, 3.63) is 23.0 Å². The minimum absolute atomic E-state index is 0.176. The lowest BCUT2D eigenvalue weighted by Gasteiger charge is -2.37. The third kappa shape index (κ3) is 4.32. The van der Waals surface area contributed by atoms with E-state index in [9.17, 15) is 9.59 Å². The molecule has 0 radical (unpaired) electrons. The molecule has 140 valence electrons. The molecule has 1 aromatic heterocycles. The van der Waals surface area contributed by atoms with Crippen molar-refractivity contribution >= 4 is 11.7 Å². The van der Waals surface area contributed by atoms with E-state index < -0.39 is 0 Å². The van der Waals surface area contributed by atoms with Gasteiger partial charge < -0.3 is 9.47 Å². The highest BCUT2D eigenvalue weighted by Gasteiger charge is 2.30. The molecule has 0 bridgehead atoms. The van der Waals surface area contributed by atoms with Gasteiger partial charge in [0.1, 0.15) is 0 Å². The van der Waals surface area contributed by atoms with Crippen LogP contribution in [-0.4, -0.2) is 58.8 Å². The predicted molar refractivity (Wildman–Crippen MR) is 101 cm³/mol. The Labute approximate surface area is 152 Å². The Balaban J connectivity index is 1.98. The number of ketones is 1. The standard InChI is InChI=1S/C20H33N3O2/c1-14(2)23-15(3)12-17(16(23)4)18(24)13-21-8-10-22(11-9-21)19(25)20(5,6)7/h12,14H,8-11,13H2,1-7H3. The highest BCUT2D eigenvalue weighted by molar-refractivity contribution is 5.99. The van der Waals surface area contributed by atoms with Crippen LogP contribution in [-0.2, 0) is 4.79 Å². The molecule has 5 nitrogen and oxygen atoms in total. The highest BCUT2D eigenvalue weighted by atomic mass is 16.2. The van der Waals surface area contributed by atoms with Crippen LogP contribution in [0.1, 0.15) is 62.4 Å². The second-order valence-electron chi connectivity index (χ2n) is 8.49. The Morgan fingerprint density at radius 3 is 2.08 bits per heavy atom. The molecule has 25 heavy (non-hydrogen) atoms. The predicted octanol–water partition coefficient (Wildman–Crippen LogP) is 3.06. The Bertz CT molecular complexity index is 645. The summed E-state index contributed by atoms with van der Waals surface area (Å²) < 4.78 is 2.22. The topological polar surface area (TPSA) is 45.6 Å². The molecule has 0 atom stereocenters. The zero-order valence-corrected chi connectivity index (χ0v) is 16.8. The van der Waals surface area contributed by atoms with E-state index in [-0.39, 0.29) is 17.1 Å². The first-order chi connectivity index (χ1) is 11.5. The van der Waals surface area contributed by atoms with Gasteiger partial charge in [-0.1, -0.05) is 20.8 Å². The van der Waals surface area contributed by atoms with Crippen LogP contribution in [0.25, 0.3) is 0 Å². The zero-order chi connectivity index (χ0) is 18.9. The molecule has 0 aromatic carbocycles. The number of hydrogen-bond acceptors (Lipinski definition) is 3. The number of carbonyl (C=O) groups excluding carboxylic acids is 2. The van der Waals surface area contributed by atoms with Gasteiger partial charge in [-0.25, -0.2) is 0 Å². The maximum Gasteiger partial charge on any atom is 0.228 e. The highest BCUT2D eigenvalue weighted by Crippen LogP contribution is 2.22. The van der Waals surface area contributed by atoms with E-state index in [2.05, 4.69) is 30.2 Å². The third-order valence-electron chi connectivity index (χ3n) is 4.97. The van der Waals surface area contributed by atoms with Crippen LogP contribution < -0.4 is 0 Å². The van der Waals surface area contributed by atoms with Crippen molar-refractivity contribution in [3.8, 4) is 0 Å². The van der Waals surface area contributed by atoms with E-state index in [1.807, 2.05) is 38.7 Å². The smallest absolute Gasteiger partial charge is 0.228 e. The molecule has 1 aromatic rings. The lowest BCUT2D eigenvalue weighted by molar-refractivity contribution is -0.141. The number of hydrogen-bond donors (Lipinski definition) is 0. The average molecular weight is 348 g/mol. The Morgan fingerprint density at radius 2 is 1.64 bits per heavy atom. The molecule has 0 unspecified atom stereocenters. The van der Waals surface area contributed by atoms with Gasteiger partial charge in [-0.2, -0.15) is 0 Å². The van der Waals surface area contributed by atoms with E-state index >= 15 is 0 Å². The van der Waals surface area contributed by atoms with Crippen LogP contribution >= 0.6 is 0 Å². The number of carbonyl (C=O) groups is 2. The largest absolute Gasteiger partial charge is 0.346 e. The van der Waals surface area contributed by atoms with Gasteiger partial charge in [0.15, 0.2) is 5.78 Å². The van der Waals surface area contributed by atoms with Gasteiger partial charge in [0.05, 0.1) is 6.54 Å². The van der Waals surface area contributed by atoms with Gasteiger partial charge in [-0.15, -0.1) is 0 Å². The van der Waals surface area contributed by atoms with Crippen LogP contribution in [0.2, 0.25) is 0 Å². The van der Waals surface area contributed by atoms with Gasteiger partial charge >= 0.3 is 0 Å². The minimum Gasteiger partial charge on any atom is -0.346 e. The molecule has 2 rings (SSSR count).